The maximum absolute atomic E-state index is 14.0. The van der Waals surface area contributed by atoms with Gasteiger partial charge in [0.15, 0.2) is 6.29 Å². The molecule has 3 aliphatic rings. The largest absolute Gasteiger partial charge is 0.494 e. The van der Waals surface area contributed by atoms with Crippen LogP contribution in [0.4, 0.5) is 13.2 Å². The molecule has 1 aromatic carbocycles. The Morgan fingerprint density at radius 1 is 1.11 bits per heavy atom. The zero-order valence-electron chi connectivity index (χ0n) is 20.0. The van der Waals surface area contributed by atoms with Crippen molar-refractivity contribution in [2.75, 3.05) is 6.61 Å². The van der Waals surface area contributed by atoms with Crippen LogP contribution in [-0.4, -0.2) is 78.6 Å². The number of halogens is 3. The van der Waals surface area contributed by atoms with Crippen LogP contribution in [0.5, 0.6) is 11.8 Å². The first-order valence-electron chi connectivity index (χ1n) is 11.6. The smallest absolute Gasteiger partial charge is 0.419 e. The summed E-state index contributed by atoms with van der Waals surface area (Å²) in [4.78, 5) is 0. The summed E-state index contributed by atoms with van der Waals surface area (Å²) in [5.41, 5.74) is -5.68. The van der Waals surface area contributed by atoms with Crippen molar-refractivity contribution in [1.29, 1.82) is 5.26 Å². The zero-order valence-corrected chi connectivity index (χ0v) is 20.0. The van der Waals surface area contributed by atoms with E-state index < -0.39 is 89.4 Å². The van der Waals surface area contributed by atoms with Gasteiger partial charge in [0, 0.05) is 6.42 Å². The lowest BCUT2D eigenvalue weighted by atomic mass is 9.78. The lowest BCUT2D eigenvalue weighted by Gasteiger charge is -2.42. The van der Waals surface area contributed by atoms with E-state index in [1.165, 1.54) is 26.0 Å². The molecule has 0 amide bonds. The molecule has 206 valence electrons. The Morgan fingerprint density at radius 3 is 2.37 bits per heavy atom. The summed E-state index contributed by atoms with van der Waals surface area (Å²) >= 11 is 0. The molecule has 2 fully saturated rings. The van der Waals surface area contributed by atoms with Crippen molar-refractivity contribution in [1.82, 2.24) is 4.57 Å². The van der Waals surface area contributed by atoms with Crippen LogP contribution in [-0.2, 0) is 31.6 Å². The number of benzene rings is 1. The fourth-order valence-electron chi connectivity index (χ4n) is 5.87. The summed E-state index contributed by atoms with van der Waals surface area (Å²) in [7, 11) is 0. The second-order valence-electron chi connectivity index (χ2n) is 10.0. The Morgan fingerprint density at radius 2 is 1.76 bits per heavy atom. The molecule has 1 aromatic heterocycles. The molecular formula is C24H25F3N2O9. The van der Waals surface area contributed by atoms with E-state index in [0.29, 0.717) is 4.57 Å². The summed E-state index contributed by atoms with van der Waals surface area (Å²) in [5, 5.41) is 71.5. The van der Waals surface area contributed by atoms with E-state index in [1.807, 2.05) is 0 Å². The van der Waals surface area contributed by atoms with Crippen LogP contribution in [0.2, 0.25) is 0 Å². The predicted molar refractivity (Wildman–Crippen MR) is 118 cm³/mol. The highest BCUT2D eigenvalue weighted by Crippen LogP contribution is 2.65. The van der Waals surface area contributed by atoms with Crippen LogP contribution in [0.1, 0.15) is 42.5 Å². The summed E-state index contributed by atoms with van der Waals surface area (Å²) in [6.45, 7) is 2.32. The average Bonchev–Trinajstić information content (AvgIpc) is 3.38. The number of fused-ring (bicyclic) bond motifs is 5. The van der Waals surface area contributed by atoms with Gasteiger partial charge in [-0.05, 0) is 26.0 Å². The van der Waals surface area contributed by atoms with Gasteiger partial charge in [0.05, 0.1) is 52.3 Å². The minimum atomic E-state index is -4.99. The fraction of sp³-hybridized carbons (Fsp3) is 0.542. The molecule has 3 aliphatic heterocycles. The molecule has 5 rings (SSSR count). The summed E-state index contributed by atoms with van der Waals surface area (Å²) in [5.74, 6) is -1.48. The summed E-state index contributed by atoms with van der Waals surface area (Å²) < 4.78 is 60.0. The lowest BCUT2D eigenvalue weighted by molar-refractivity contribution is -0.318. The van der Waals surface area contributed by atoms with E-state index in [1.54, 1.807) is 0 Å². The van der Waals surface area contributed by atoms with Gasteiger partial charge in [-0.3, -0.25) is 4.57 Å². The Balaban J connectivity index is 1.59. The maximum Gasteiger partial charge on any atom is 0.419 e. The van der Waals surface area contributed by atoms with Crippen LogP contribution < -0.4 is 0 Å². The molecule has 0 aliphatic carbocycles. The Hall–Kier alpha value is -2.90. The van der Waals surface area contributed by atoms with Crippen molar-refractivity contribution >= 4 is 0 Å². The number of aliphatic hydroxyl groups excluding tert-OH is 4. The number of hydrogen-bond donors (Lipinski definition) is 6. The van der Waals surface area contributed by atoms with Gasteiger partial charge in [0.1, 0.15) is 30.0 Å². The van der Waals surface area contributed by atoms with E-state index in [-0.39, 0.29) is 17.5 Å². The first-order valence-corrected chi connectivity index (χ1v) is 11.6. The fourth-order valence-corrected chi connectivity index (χ4v) is 5.87. The van der Waals surface area contributed by atoms with Crippen molar-refractivity contribution < 1.29 is 58.0 Å². The molecule has 2 aromatic rings. The monoisotopic (exact) mass is 542 g/mol. The van der Waals surface area contributed by atoms with E-state index in [4.69, 9.17) is 14.2 Å². The highest BCUT2D eigenvalue weighted by atomic mass is 19.4. The zero-order chi connectivity index (χ0) is 27.9. The molecule has 0 spiro atoms. The summed E-state index contributed by atoms with van der Waals surface area (Å²) in [6, 6.07) is 4.65. The number of aromatic nitrogens is 1. The highest BCUT2D eigenvalue weighted by Gasteiger charge is 2.66. The number of ether oxygens (including phenoxy) is 3. The van der Waals surface area contributed by atoms with Crippen molar-refractivity contribution in [3.05, 3.63) is 40.5 Å². The van der Waals surface area contributed by atoms with Gasteiger partial charge in [-0.15, -0.1) is 0 Å². The molecular weight excluding hydrogens is 517 g/mol. The Bertz CT molecular complexity index is 1320. The number of aliphatic hydroxyl groups is 4. The van der Waals surface area contributed by atoms with Gasteiger partial charge >= 0.3 is 6.18 Å². The third kappa shape index (κ3) is 3.54. The normalized spacial score (nSPS) is 36.3. The van der Waals surface area contributed by atoms with E-state index in [9.17, 15) is 49.1 Å². The van der Waals surface area contributed by atoms with Crippen LogP contribution in [0.3, 0.4) is 0 Å². The topological polar surface area (TPSA) is 178 Å². The van der Waals surface area contributed by atoms with Gasteiger partial charge in [0.25, 0.3) is 0 Å². The van der Waals surface area contributed by atoms with Crippen molar-refractivity contribution in [2.45, 2.75) is 74.5 Å². The number of nitriles is 1. The minimum absolute atomic E-state index is 0.00705. The standard InChI is InChI=1S/C24H25F3N2O9/c1-22-6-12(37-21-18(33)17(32)16(31)11(8-30)36-21)23(2,38-22)15-14(22)19(34)29(20(15)35)10-5-3-4-9(7-28)13(10)24(25,26)27/h3-5,11-12,16-18,21,30-35H,6,8H2,1-2H3/t11-,12-,16-,17+,18-,21-,22+,23-/m1/s1. The van der Waals surface area contributed by atoms with E-state index in [0.717, 1.165) is 12.1 Å². The van der Waals surface area contributed by atoms with Gasteiger partial charge in [-0.25, -0.2) is 0 Å². The molecule has 0 unspecified atom stereocenters. The third-order valence-electron chi connectivity index (χ3n) is 7.61. The van der Waals surface area contributed by atoms with Gasteiger partial charge in [0.2, 0.25) is 11.8 Å². The van der Waals surface area contributed by atoms with Gasteiger partial charge in [-0.2, -0.15) is 18.4 Å². The Labute approximate surface area is 213 Å². The number of hydrogen-bond acceptors (Lipinski definition) is 10. The lowest BCUT2D eigenvalue weighted by Crippen LogP contribution is -2.60. The van der Waals surface area contributed by atoms with Crippen LogP contribution in [0.15, 0.2) is 18.2 Å². The second-order valence-corrected chi connectivity index (χ2v) is 10.0. The molecule has 14 heteroatoms. The third-order valence-corrected chi connectivity index (χ3v) is 7.61. The maximum atomic E-state index is 14.0. The highest BCUT2D eigenvalue weighted by molar-refractivity contribution is 5.64. The minimum Gasteiger partial charge on any atom is -0.494 e. The molecule has 6 N–H and O–H groups in total. The first-order chi connectivity index (χ1) is 17.7. The average molecular weight is 542 g/mol. The van der Waals surface area contributed by atoms with Crippen molar-refractivity contribution in [3.63, 3.8) is 0 Å². The van der Waals surface area contributed by atoms with Crippen molar-refractivity contribution in [2.24, 2.45) is 0 Å². The number of aromatic hydroxyl groups is 2. The molecule has 11 nitrogen and oxygen atoms in total. The van der Waals surface area contributed by atoms with Crippen molar-refractivity contribution in [3.8, 4) is 23.5 Å². The quantitative estimate of drug-likeness (QED) is 0.324. The number of rotatable bonds is 4. The van der Waals surface area contributed by atoms with E-state index >= 15 is 0 Å². The second kappa shape index (κ2) is 8.55. The van der Waals surface area contributed by atoms with Crippen LogP contribution >= 0.6 is 0 Å². The molecule has 2 bridgehead atoms. The van der Waals surface area contributed by atoms with E-state index in [2.05, 4.69) is 0 Å². The van der Waals surface area contributed by atoms with Gasteiger partial charge in [-0.1, -0.05) is 6.07 Å². The summed E-state index contributed by atoms with van der Waals surface area (Å²) in [6.07, 6.45) is -13.9. The predicted octanol–water partition coefficient (Wildman–Crippen LogP) is 0.828. The van der Waals surface area contributed by atoms with Crippen LogP contribution in [0, 0.1) is 11.3 Å². The van der Waals surface area contributed by atoms with Crippen LogP contribution in [0.25, 0.3) is 5.69 Å². The molecule has 8 atom stereocenters. The SMILES string of the molecule is C[C@@]12O[C@@](C)(C[C@H]1O[C@H]1O[C@H](CO)[C@@H](O)[C@H](O)[C@H]1O)c1c2c(O)n(-c2cccc(C#N)c2C(F)(F)F)c1O. The molecule has 0 radical (unpaired) electrons. The molecule has 2 saturated heterocycles. The number of alkyl halides is 3. The van der Waals surface area contributed by atoms with Gasteiger partial charge < -0.3 is 44.8 Å². The first kappa shape index (κ1) is 26.7. The number of nitrogens with zero attached hydrogens (tertiary/aromatic N) is 2. The molecule has 38 heavy (non-hydrogen) atoms. The molecule has 4 heterocycles. The Kier molecular flexibility index (Phi) is 6.01. The molecule has 0 saturated carbocycles.